The minimum absolute atomic E-state index is 0.277. The van der Waals surface area contributed by atoms with Gasteiger partial charge in [-0.3, -0.25) is 0 Å². The quantitative estimate of drug-likeness (QED) is 0.903. The molecule has 0 fully saturated rings. The van der Waals surface area contributed by atoms with Crippen LogP contribution in [0.1, 0.15) is 41.4 Å². The van der Waals surface area contributed by atoms with Crippen molar-refractivity contribution in [1.29, 1.82) is 0 Å². The SMILES string of the molecule is Cc1cc(C)cc(C2CCNc3nc(CCCN)nn32)c1. The van der Waals surface area contributed by atoms with Gasteiger partial charge in [-0.2, -0.15) is 10.1 Å². The molecule has 5 nitrogen and oxygen atoms in total. The number of nitrogens with one attached hydrogen (secondary N) is 1. The van der Waals surface area contributed by atoms with Crippen LogP contribution < -0.4 is 11.1 Å². The first-order valence-corrected chi connectivity index (χ1v) is 7.65. The number of aryl methyl sites for hydroxylation is 3. The van der Waals surface area contributed by atoms with Gasteiger partial charge in [-0.1, -0.05) is 29.3 Å². The fourth-order valence-electron chi connectivity index (χ4n) is 3.02. The number of nitrogens with two attached hydrogens (primary N) is 1. The fourth-order valence-corrected chi connectivity index (χ4v) is 3.02. The van der Waals surface area contributed by atoms with Crippen LogP contribution in [0, 0.1) is 13.8 Å². The number of rotatable bonds is 4. The average molecular weight is 285 g/mol. The Kier molecular flexibility index (Phi) is 3.92. The maximum Gasteiger partial charge on any atom is 0.221 e. The molecule has 1 unspecified atom stereocenters. The van der Waals surface area contributed by atoms with Crippen molar-refractivity contribution in [2.75, 3.05) is 18.4 Å². The number of fused-ring (bicyclic) bond motifs is 1. The van der Waals surface area contributed by atoms with Crippen LogP contribution in [0.15, 0.2) is 18.2 Å². The van der Waals surface area contributed by atoms with Gasteiger partial charge in [-0.25, -0.2) is 4.68 Å². The maximum absolute atomic E-state index is 5.57. The summed E-state index contributed by atoms with van der Waals surface area (Å²) in [6, 6.07) is 7.00. The Morgan fingerprint density at radius 2 is 2.05 bits per heavy atom. The van der Waals surface area contributed by atoms with Crippen LogP contribution in [0.3, 0.4) is 0 Å². The van der Waals surface area contributed by atoms with Crippen LogP contribution in [0.4, 0.5) is 5.95 Å². The summed E-state index contributed by atoms with van der Waals surface area (Å²) in [5.41, 5.74) is 9.50. The van der Waals surface area contributed by atoms with E-state index in [1.165, 1.54) is 16.7 Å². The molecule has 2 heterocycles. The summed E-state index contributed by atoms with van der Waals surface area (Å²) in [5, 5.41) is 8.04. The van der Waals surface area contributed by atoms with Crippen LogP contribution >= 0.6 is 0 Å². The molecule has 0 amide bonds. The normalized spacial score (nSPS) is 17.4. The smallest absolute Gasteiger partial charge is 0.221 e. The first kappa shape index (κ1) is 14.1. The van der Waals surface area contributed by atoms with Crippen LogP contribution in [0.25, 0.3) is 0 Å². The summed E-state index contributed by atoms with van der Waals surface area (Å²) in [5.74, 6) is 1.77. The number of aromatic nitrogens is 3. The molecule has 1 aromatic carbocycles. The van der Waals surface area contributed by atoms with Crippen molar-refractivity contribution in [3.05, 3.63) is 40.7 Å². The molecule has 0 radical (unpaired) electrons. The van der Waals surface area contributed by atoms with E-state index in [9.17, 15) is 0 Å². The van der Waals surface area contributed by atoms with Crippen LogP contribution in [-0.4, -0.2) is 27.9 Å². The van der Waals surface area contributed by atoms with E-state index in [-0.39, 0.29) is 6.04 Å². The largest absolute Gasteiger partial charge is 0.354 e. The van der Waals surface area contributed by atoms with Gasteiger partial charge in [-0.15, -0.1) is 0 Å². The lowest BCUT2D eigenvalue weighted by Crippen LogP contribution is -2.24. The Morgan fingerprint density at radius 1 is 1.29 bits per heavy atom. The van der Waals surface area contributed by atoms with Gasteiger partial charge in [0, 0.05) is 13.0 Å². The molecular formula is C16H23N5. The minimum atomic E-state index is 0.277. The van der Waals surface area contributed by atoms with E-state index in [0.717, 1.165) is 37.6 Å². The number of hydrogen-bond donors (Lipinski definition) is 2. The van der Waals surface area contributed by atoms with E-state index < -0.39 is 0 Å². The second-order valence-electron chi connectivity index (χ2n) is 5.84. The van der Waals surface area contributed by atoms with Gasteiger partial charge < -0.3 is 11.1 Å². The summed E-state index contributed by atoms with van der Waals surface area (Å²) in [7, 11) is 0. The summed E-state index contributed by atoms with van der Waals surface area (Å²) >= 11 is 0. The van der Waals surface area contributed by atoms with Gasteiger partial charge in [0.25, 0.3) is 0 Å². The fraction of sp³-hybridized carbons (Fsp3) is 0.500. The van der Waals surface area contributed by atoms with Crippen molar-refractivity contribution < 1.29 is 0 Å². The topological polar surface area (TPSA) is 68.8 Å². The monoisotopic (exact) mass is 285 g/mol. The van der Waals surface area contributed by atoms with Crippen molar-refractivity contribution >= 4 is 5.95 Å². The standard InChI is InChI=1S/C16H23N5/c1-11-8-12(2)10-13(9-11)14-5-7-18-16-19-15(4-3-6-17)20-21(14)16/h8-10,14H,3-7,17H2,1-2H3,(H,18,19,20). The molecule has 0 saturated carbocycles. The highest BCUT2D eigenvalue weighted by atomic mass is 15.4. The molecule has 3 N–H and O–H groups in total. The van der Waals surface area contributed by atoms with Gasteiger partial charge in [0.1, 0.15) is 0 Å². The number of hydrogen-bond acceptors (Lipinski definition) is 4. The van der Waals surface area contributed by atoms with E-state index in [1.807, 2.05) is 4.68 Å². The van der Waals surface area contributed by atoms with Gasteiger partial charge >= 0.3 is 0 Å². The second-order valence-corrected chi connectivity index (χ2v) is 5.84. The molecule has 1 atom stereocenters. The molecule has 0 bridgehead atoms. The number of anilines is 1. The van der Waals surface area contributed by atoms with Crippen molar-refractivity contribution in [2.24, 2.45) is 5.73 Å². The van der Waals surface area contributed by atoms with E-state index in [0.29, 0.717) is 6.54 Å². The maximum atomic E-state index is 5.57. The average Bonchev–Trinajstić information content (AvgIpc) is 2.86. The third-order valence-corrected chi connectivity index (χ3v) is 3.90. The number of nitrogens with zero attached hydrogens (tertiary/aromatic N) is 3. The number of benzene rings is 1. The lowest BCUT2D eigenvalue weighted by Gasteiger charge is -2.25. The van der Waals surface area contributed by atoms with Crippen molar-refractivity contribution in [3.8, 4) is 0 Å². The highest BCUT2D eigenvalue weighted by Gasteiger charge is 2.24. The van der Waals surface area contributed by atoms with Gasteiger partial charge in [0.15, 0.2) is 5.82 Å². The Labute approximate surface area is 125 Å². The molecule has 112 valence electrons. The van der Waals surface area contributed by atoms with E-state index in [2.05, 4.69) is 42.3 Å². The zero-order valence-corrected chi connectivity index (χ0v) is 12.8. The van der Waals surface area contributed by atoms with Crippen LogP contribution in [0.5, 0.6) is 0 Å². The molecule has 0 saturated heterocycles. The van der Waals surface area contributed by atoms with Gasteiger partial charge in [0.2, 0.25) is 5.95 Å². The first-order chi connectivity index (χ1) is 10.2. The lowest BCUT2D eigenvalue weighted by molar-refractivity contribution is 0.476. The highest BCUT2D eigenvalue weighted by molar-refractivity contribution is 5.36. The van der Waals surface area contributed by atoms with Crippen LogP contribution in [-0.2, 0) is 6.42 Å². The van der Waals surface area contributed by atoms with E-state index >= 15 is 0 Å². The molecular weight excluding hydrogens is 262 g/mol. The Hall–Kier alpha value is -1.88. The molecule has 5 heteroatoms. The van der Waals surface area contributed by atoms with Crippen molar-refractivity contribution in [2.45, 2.75) is 39.2 Å². The van der Waals surface area contributed by atoms with Crippen LogP contribution in [0.2, 0.25) is 0 Å². The highest BCUT2D eigenvalue weighted by Crippen LogP contribution is 2.29. The molecule has 1 aromatic heterocycles. The Morgan fingerprint density at radius 3 is 2.76 bits per heavy atom. The van der Waals surface area contributed by atoms with E-state index in [1.54, 1.807) is 0 Å². The molecule has 3 rings (SSSR count). The predicted molar refractivity (Wildman–Crippen MR) is 84.6 cm³/mol. The van der Waals surface area contributed by atoms with Crippen molar-refractivity contribution in [1.82, 2.24) is 14.8 Å². The van der Waals surface area contributed by atoms with Gasteiger partial charge in [0.05, 0.1) is 6.04 Å². The zero-order chi connectivity index (χ0) is 14.8. The summed E-state index contributed by atoms with van der Waals surface area (Å²) in [6.07, 6.45) is 2.81. The van der Waals surface area contributed by atoms with Crippen molar-refractivity contribution in [3.63, 3.8) is 0 Å². The molecule has 1 aliphatic rings. The predicted octanol–water partition coefficient (Wildman–Crippen LogP) is 2.19. The molecule has 21 heavy (non-hydrogen) atoms. The molecule has 2 aromatic rings. The third kappa shape index (κ3) is 2.93. The Bertz CT molecular complexity index is 611. The van der Waals surface area contributed by atoms with Gasteiger partial charge in [-0.05, 0) is 38.8 Å². The minimum Gasteiger partial charge on any atom is -0.354 e. The van der Waals surface area contributed by atoms with E-state index in [4.69, 9.17) is 10.8 Å². The molecule has 1 aliphatic heterocycles. The second kappa shape index (κ2) is 5.85. The zero-order valence-electron chi connectivity index (χ0n) is 12.8. The summed E-state index contributed by atoms with van der Waals surface area (Å²) in [6.45, 7) is 5.91. The summed E-state index contributed by atoms with van der Waals surface area (Å²) in [4.78, 5) is 4.59. The Balaban J connectivity index is 1.94. The third-order valence-electron chi connectivity index (χ3n) is 3.90. The summed E-state index contributed by atoms with van der Waals surface area (Å²) < 4.78 is 2.05. The molecule has 0 aliphatic carbocycles. The molecule has 0 spiro atoms. The lowest BCUT2D eigenvalue weighted by atomic mass is 9.98. The first-order valence-electron chi connectivity index (χ1n) is 7.65.